The minimum atomic E-state index is -7.26. The molecule has 15 heteroatoms. The zero-order valence-corrected chi connectivity index (χ0v) is 11.9. The SMILES string of the molecule is O=S(=O)([O-])C(F)(F)C(F)(F)C(F)(F)S(=O)(=O)N1CCOCC1. The molecule has 1 aliphatic heterocycles. The van der Waals surface area contributed by atoms with E-state index in [-0.39, 0.29) is 4.31 Å². The molecule has 1 fully saturated rings. The van der Waals surface area contributed by atoms with Gasteiger partial charge in [0.15, 0.2) is 10.1 Å². The summed E-state index contributed by atoms with van der Waals surface area (Å²) in [7, 11) is -13.6. The highest BCUT2D eigenvalue weighted by atomic mass is 32.2. The molecule has 0 unspecified atom stereocenters. The molecule has 0 atom stereocenters. The number of ether oxygens (including phenoxy) is 1. The van der Waals surface area contributed by atoms with Gasteiger partial charge in [-0.15, -0.1) is 0 Å². The van der Waals surface area contributed by atoms with E-state index in [1.807, 2.05) is 0 Å². The second kappa shape index (κ2) is 5.47. The lowest BCUT2D eigenvalue weighted by atomic mass is 10.3. The van der Waals surface area contributed by atoms with E-state index < -0.39 is 62.9 Å². The van der Waals surface area contributed by atoms with Gasteiger partial charge in [0.05, 0.1) is 13.2 Å². The summed E-state index contributed by atoms with van der Waals surface area (Å²) >= 11 is 0. The largest absolute Gasteiger partial charge is 0.743 e. The van der Waals surface area contributed by atoms with Crippen molar-refractivity contribution >= 4 is 20.1 Å². The van der Waals surface area contributed by atoms with E-state index in [0.717, 1.165) is 0 Å². The molecule has 1 heterocycles. The van der Waals surface area contributed by atoms with Crippen LogP contribution in [0.2, 0.25) is 0 Å². The van der Waals surface area contributed by atoms with Crippen LogP contribution in [0.1, 0.15) is 0 Å². The molecule has 0 bridgehead atoms. The molecule has 7 nitrogen and oxygen atoms in total. The van der Waals surface area contributed by atoms with E-state index in [1.54, 1.807) is 0 Å². The number of rotatable bonds is 5. The van der Waals surface area contributed by atoms with Crippen molar-refractivity contribution in [2.24, 2.45) is 0 Å². The summed E-state index contributed by atoms with van der Waals surface area (Å²) in [5.74, 6) is -6.97. The number of hydrogen-bond acceptors (Lipinski definition) is 6. The predicted octanol–water partition coefficient (Wildman–Crippen LogP) is 0.0145. The minimum absolute atomic E-state index is 0.252. The summed E-state index contributed by atoms with van der Waals surface area (Å²) < 4.78 is 137. The van der Waals surface area contributed by atoms with Gasteiger partial charge < -0.3 is 9.29 Å². The van der Waals surface area contributed by atoms with E-state index in [4.69, 9.17) is 0 Å². The van der Waals surface area contributed by atoms with E-state index in [1.165, 1.54) is 0 Å². The Labute approximate surface area is 120 Å². The zero-order chi connectivity index (χ0) is 17.6. The van der Waals surface area contributed by atoms with Gasteiger partial charge in [0.25, 0.3) is 10.0 Å². The fraction of sp³-hybridized carbons (Fsp3) is 1.00. The third-order valence-corrected chi connectivity index (χ3v) is 5.51. The van der Waals surface area contributed by atoms with Gasteiger partial charge in [-0.1, -0.05) is 0 Å². The van der Waals surface area contributed by atoms with E-state index >= 15 is 0 Å². The molecule has 0 saturated carbocycles. The highest BCUT2D eigenvalue weighted by Crippen LogP contribution is 2.51. The number of halogens is 6. The standard InChI is InChI=1S/C7H9F6NO6S2/c8-5(9,7(12,13)22(17,18)19)6(10,11)21(15,16)14-1-3-20-4-2-14/h1-4H2,(H,17,18,19)/p-1. The molecule has 0 aromatic heterocycles. The first kappa shape index (κ1) is 19.4. The number of hydrogen-bond donors (Lipinski definition) is 0. The normalized spacial score (nSPS) is 20.1. The molecule has 0 aromatic rings. The summed E-state index contributed by atoms with van der Waals surface area (Å²) in [6.45, 7) is -2.58. The first-order chi connectivity index (χ1) is 9.61. The van der Waals surface area contributed by atoms with Crippen LogP contribution in [0.25, 0.3) is 0 Å². The molecular formula is C7H8F6NO6S2-. The van der Waals surface area contributed by atoms with Crippen LogP contribution in [0, 0.1) is 0 Å². The molecule has 0 aromatic carbocycles. The van der Waals surface area contributed by atoms with Crippen LogP contribution < -0.4 is 0 Å². The molecule has 0 aliphatic carbocycles. The third kappa shape index (κ3) is 2.68. The number of morpholine rings is 1. The molecule has 0 spiro atoms. The summed E-state index contributed by atoms with van der Waals surface area (Å²) in [4.78, 5) is 0. The van der Waals surface area contributed by atoms with Crippen LogP contribution in [0.3, 0.4) is 0 Å². The van der Waals surface area contributed by atoms with E-state index in [2.05, 4.69) is 4.74 Å². The Bertz CT molecular complexity index is 626. The minimum Gasteiger partial charge on any atom is -0.743 e. The van der Waals surface area contributed by atoms with Gasteiger partial charge in [-0.25, -0.2) is 16.8 Å². The maximum absolute atomic E-state index is 13.5. The van der Waals surface area contributed by atoms with Crippen LogP contribution in [-0.4, -0.2) is 68.4 Å². The van der Waals surface area contributed by atoms with Crippen LogP contribution in [0.15, 0.2) is 0 Å². The lowest BCUT2D eigenvalue weighted by molar-refractivity contribution is -0.247. The first-order valence-electron chi connectivity index (χ1n) is 5.27. The smallest absolute Gasteiger partial charge is 0.428 e. The Kier molecular flexibility index (Phi) is 4.82. The van der Waals surface area contributed by atoms with Crippen molar-refractivity contribution in [2.45, 2.75) is 16.4 Å². The van der Waals surface area contributed by atoms with Crippen molar-refractivity contribution in [2.75, 3.05) is 26.3 Å². The molecular weight excluding hydrogens is 372 g/mol. The van der Waals surface area contributed by atoms with Gasteiger partial charge in [0.1, 0.15) is 0 Å². The van der Waals surface area contributed by atoms with Crippen LogP contribution in [0.5, 0.6) is 0 Å². The van der Waals surface area contributed by atoms with Crippen molar-refractivity contribution < 1.29 is 52.5 Å². The molecule has 0 radical (unpaired) electrons. The molecule has 1 rings (SSSR count). The van der Waals surface area contributed by atoms with Crippen molar-refractivity contribution in [3.05, 3.63) is 0 Å². The quantitative estimate of drug-likeness (QED) is 0.492. The van der Waals surface area contributed by atoms with Crippen molar-refractivity contribution in [3.63, 3.8) is 0 Å². The molecule has 22 heavy (non-hydrogen) atoms. The van der Waals surface area contributed by atoms with Gasteiger partial charge in [0, 0.05) is 13.1 Å². The number of nitrogens with zero attached hydrogens (tertiary/aromatic N) is 1. The summed E-state index contributed by atoms with van der Waals surface area (Å²) in [5, 5.41) is -13.4. The van der Waals surface area contributed by atoms with E-state index in [9.17, 15) is 47.7 Å². The first-order valence-corrected chi connectivity index (χ1v) is 8.12. The van der Waals surface area contributed by atoms with Crippen LogP contribution in [-0.2, 0) is 24.9 Å². The van der Waals surface area contributed by atoms with Gasteiger partial charge in [-0.05, 0) is 0 Å². The molecule has 132 valence electrons. The zero-order valence-electron chi connectivity index (χ0n) is 10.3. The van der Waals surface area contributed by atoms with Gasteiger partial charge in [-0.3, -0.25) is 0 Å². The van der Waals surface area contributed by atoms with Crippen LogP contribution in [0.4, 0.5) is 26.3 Å². The lowest BCUT2D eigenvalue weighted by Crippen LogP contribution is -2.63. The monoisotopic (exact) mass is 380 g/mol. The van der Waals surface area contributed by atoms with Gasteiger partial charge in [0.2, 0.25) is 0 Å². The van der Waals surface area contributed by atoms with Crippen molar-refractivity contribution in [1.82, 2.24) is 4.31 Å². The summed E-state index contributed by atoms with van der Waals surface area (Å²) in [5.41, 5.74) is 0. The second-order valence-corrected chi connectivity index (χ2v) is 7.48. The Morgan fingerprint density at radius 3 is 1.64 bits per heavy atom. The van der Waals surface area contributed by atoms with E-state index in [0.29, 0.717) is 0 Å². The van der Waals surface area contributed by atoms with Crippen LogP contribution >= 0.6 is 0 Å². The van der Waals surface area contributed by atoms with Gasteiger partial charge >= 0.3 is 16.4 Å². The molecule has 0 amide bonds. The highest BCUT2D eigenvalue weighted by molar-refractivity contribution is 7.90. The van der Waals surface area contributed by atoms with Crippen molar-refractivity contribution in [1.29, 1.82) is 0 Å². The Morgan fingerprint density at radius 1 is 0.864 bits per heavy atom. The second-order valence-electron chi connectivity index (χ2n) is 4.08. The Morgan fingerprint density at radius 2 is 1.27 bits per heavy atom. The Hall–Kier alpha value is -0.640. The number of sulfonamides is 1. The number of alkyl halides is 6. The maximum Gasteiger partial charge on any atom is 0.428 e. The Balaban J connectivity index is 3.37. The average molecular weight is 380 g/mol. The fourth-order valence-electron chi connectivity index (χ4n) is 1.44. The van der Waals surface area contributed by atoms with Gasteiger partial charge in [-0.2, -0.15) is 30.6 Å². The van der Waals surface area contributed by atoms with Crippen molar-refractivity contribution in [3.8, 4) is 0 Å². The predicted molar refractivity (Wildman–Crippen MR) is 55.9 cm³/mol. The third-order valence-electron chi connectivity index (χ3n) is 2.68. The topological polar surface area (TPSA) is 104 Å². The molecule has 0 N–H and O–H groups in total. The molecule has 1 saturated heterocycles. The lowest BCUT2D eigenvalue weighted by Gasteiger charge is -2.36. The average Bonchev–Trinajstić information content (AvgIpc) is 2.37. The fourth-order valence-corrected chi connectivity index (χ4v) is 3.35. The summed E-state index contributed by atoms with van der Waals surface area (Å²) in [6, 6.07) is 0. The highest BCUT2D eigenvalue weighted by Gasteiger charge is 2.80. The maximum atomic E-state index is 13.5. The molecule has 1 aliphatic rings. The summed E-state index contributed by atoms with van der Waals surface area (Å²) in [6.07, 6.45) is 0.